The molecule has 0 aliphatic rings. The van der Waals surface area contributed by atoms with Crippen LogP contribution < -0.4 is 15.4 Å². The SMILES string of the molecule is C#CCNC(=O)COc1ccc(CNC(C)(C)C)cc1. The Labute approximate surface area is 120 Å². The summed E-state index contributed by atoms with van der Waals surface area (Å²) in [7, 11) is 0. The number of ether oxygens (including phenoxy) is 1. The second-order valence-corrected chi connectivity index (χ2v) is 5.52. The summed E-state index contributed by atoms with van der Waals surface area (Å²) in [6.07, 6.45) is 5.05. The first-order valence-electron chi connectivity index (χ1n) is 6.57. The van der Waals surface area contributed by atoms with E-state index in [-0.39, 0.29) is 24.6 Å². The van der Waals surface area contributed by atoms with Gasteiger partial charge in [0.25, 0.3) is 5.91 Å². The van der Waals surface area contributed by atoms with Crippen LogP contribution in [0.5, 0.6) is 5.75 Å². The van der Waals surface area contributed by atoms with Gasteiger partial charge in [-0.05, 0) is 38.5 Å². The van der Waals surface area contributed by atoms with Crippen LogP contribution in [-0.4, -0.2) is 24.6 Å². The number of benzene rings is 1. The number of rotatable bonds is 6. The molecule has 0 fully saturated rings. The van der Waals surface area contributed by atoms with Gasteiger partial charge in [0, 0.05) is 12.1 Å². The molecule has 0 aromatic heterocycles. The van der Waals surface area contributed by atoms with E-state index in [1.54, 1.807) is 0 Å². The van der Waals surface area contributed by atoms with E-state index in [1.165, 1.54) is 5.56 Å². The highest BCUT2D eigenvalue weighted by Crippen LogP contribution is 2.12. The number of carbonyl (C=O) groups is 1. The first-order chi connectivity index (χ1) is 9.40. The van der Waals surface area contributed by atoms with Gasteiger partial charge < -0.3 is 15.4 Å². The van der Waals surface area contributed by atoms with E-state index in [1.807, 2.05) is 24.3 Å². The summed E-state index contributed by atoms with van der Waals surface area (Å²) in [5.41, 5.74) is 1.26. The number of carbonyl (C=O) groups excluding carboxylic acids is 1. The van der Waals surface area contributed by atoms with Gasteiger partial charge in [0.05, 0.1) is 6.54 Å². The molecule has 0 saturated carbocycles. The fourth-order valence-electron chi connectivity index (χ4n) is 1.42. The first-order valence-corrected chi connectivity index (χ1v) is 6.57. The minimum atomic E-state index is -0.221. The van der Waals surface area contributed by atoms with Crippen LogP contribution in [0.25, 0.3) is 0 Å². The molecular formula is C16H22N2O2. The summed E-state index contributed by atoms with van der Waals surface area (Å²) in [5, 5.41) is 5.95. The van der Waals surface area contributed by atoms with E-state index in [9.17, 15) is 4.79 Å². The average molecular weight is 274 g/mol. The average Bonchev–Trinajstić information content (AvgIpc) is 2.41. The van der Waals surface area contributed by atoms with Crippen LogP contribution in [0.4, 0.5) is 0 Å². The quantitative estimate of drug-likeness (QED) is 0.776. The van der Waals surface area contributed by atoms with E-state index < -0.39 is 0 Å². The van der Waals surface area contributed by atoms with Gasteiger partial charge in [-0.1, -0.05) is 18.1 Å². The molecule has 1 aromatic carbocycles. The Morgan fingerprint density at radius 1 is 1.30 bits per heavy atom. The van der Waals surface area contributed by atoms with Crippen LogP contribution in [-0.2, 0) is 11.3 Å². The van der Waals surface area contributed by atoms with Crippen molar-refractivity contribution in [3.8, 4) is 18.1 Å². The van der Waals surface area contributed by atoms with Crippen molar-refractivity contribution in [1.82, 2.24) is 10.6 Å². The largest absolute Gasteiger partial charge is 0.484 e. The predicted octanol–water partition coefficient (Wildman–Crippen LogP) is 1.70. The zero-order valence-corrected chi connectivity index (χ0v) is 12.3. The zero-order chi connectivity index (χ0) is 15.0. The molecule has 0 unspecified atom stereocenters. The maximum Gasteiger partial charge on any atom is 0.258 e. The summed E-state index contributed by atoms with van der Waals surface area (Å²) in [6, 6.07) is 7.67. The van der Waals surface area contributed by atoms with E-state index in [0.717, 1.165) is 6.54 Å². The molecule has 4 nitrogen and oxygen atoms in total. The van der Waals surface area contributed by atoms with Crippen LogP contribution >= 0.6 is 0 Å². The van der Waals surface area contributed by atoms with Gasteiger partial charge in [-0.2, -0.15) is 0 Å². The van der Waals surface area contributed by atoms with Crippen LogP contribution in [0.2, 0.25) is 0 Å². The van der Waals surface area contributed by atoms with Gasteiger partial charge >= 0.3 is 0 Å². The van der Waals surface area contributed by atoms with Crippen molar-refractivity contribution >= 4 is 5.91 Å². The van der Waals surface area contributed by atoms with Gasteiger partial charge in [-0.15, -0.1) is 6.42 Å². The van der Waals surface area contributed by atoms with Crippen molar-refractivity contribution in [2.75, 3.05) is 13.2 Å². The molecule has 0 atom stereocenters. The van der Waals surface area contributed by atoms with Crippen molar-refractivity contribution in [2.45, 2.75) is 32.9 Å². The Bertz CT molecular complexity index is 467. The fourth-order valence-corrected chi connectivity index (χ4v) is 1.42. The van der Waals surface area contributed by atoms with E-state index >= 15 is 0 Å². The Balaban J connectivity index is 2.39. The van der Waals surface area contributed by atoms with E-state index in [4.69, 9.17) is 11.2 Å². The number of nitrogens with one attached hydrogen (secondary N) is 2. The van der Waals surface area contributed by atoms with Crippen LogP contribution in [0, 0.1) is 12.3 Å². The second-order valence-electron chi connectivity index (χ2n) is 5.52. The molecule has 0 radical (unpaired) electrons. The van der Waals surface area contributed by atoms with Crippen molar-refractivity contribution in [2.24, 2.45) is 0 Å². The summed E-state index contributed by atoms with van der Waals surface area (Å²) in [6.45, 7) is 7.37. The minimum absolute atomic E-state index is 0.0265. The van der Waals surface area contributed by atoms with Gasteiger partial charge in [-0.3, -0.25) is 4.79 Å². The van der Waals surface area contributed by atoms with Gasteiger partial charge in [0.1, 0.15) is 5.75 Å². The van der Waals surface area contributed by atoms with Crippen molar-refractivity contribution in [3.63, 3.8) is 0 Å². The Morgan fingerprint density at radius 2 is 1.95 bits per heavy atom. The molecule has 20 heavy (non-hydrogen) atoms. The maximum atomic E-state index is 11.3. The lowest BCUT2D eigenvalue weighted by Crippen LogP contribution is -2.35. The third kappa shape index (κ3) is 6.81. The van der Waals surface area contributed by atoms with Gasteiger partial charge in [-0.25, -0.2) is 0 Å². The lowest BCUT2D eigenvalue weighted by Gasteiger charge is -2.20. The molecule has 2 N–H and O–H groups in total. The molecular weight excluding hydrogens is 252 g/mol. The summed E-state index contributed by atoms with van der Waals surface area (Å²) in [4.78, 5) is 11.3. The highest BCUT2D eigenvalue weighted by atomic mass is 16.5. The third-order valence-corrected chi connectivity index (χ3v) is 2.50. The molecule has 0 saturated heterocycles. The molecule has 108 valence electrons. The van der Waals surface area contributed by atoms with Crippen molar-refractivity contribution in [1.29, 1.82) is 0 Å². The molecule has 0 spiro atoms. The molecule has 0 bridgehead atoms. The predicted molar refractivity (Wildman–Crippen MR) is 80.4 cm³/mol. The maximum absolute atomic E-state index is 11.3. The number of hydrogen-bond acceptors (Lipinski definition) is 3. The molecule has 1 rings (SSSR count). The minimum Gasteiger partial charge on any atom is -0.484 e. The molecule has 0 heterocycles. The molecule has 1 aromatic rings. The third-order valence-electron chi connectivity index (χ3n) is 2.50. The van der Waals surface area contributed by atoms with E-state index in [0.29, 0.717) is 5.75 Å². The molecule has 4 heteroatoms. The molecule has 0 aliphatic heterocycles. The Kier molecular flexibility index (Phi) is 6.08. The van der Waals surface area contributed by atoms with Crippen LogP contribution in [0.15, 0.2) is 24.3 Å². The Hall–Kier alpha value is -1.99. The lowest BCUT2D eigenvalue weighted by molar-refractivity contribution is -0.122. The lowest BCUT2D eigenvalue weighted by atomic mass is 10.1. The van der Waals surface area contributed by atoms with Gasteiger partial charge in [0.2, 0.25) is 0 Å². The summed E-state index contributed by atoms with van der Waals surface area (Å²) in [5.74, 6) is 2.78. The number of amides is 1. The normalized spacial score (nSPS) is 10.7. The summed E-state index contributed by atoms with van der Waals surface area (Å²) >= 11 is 0. The van der Waals surface area contributed by atoms with Crippen molar-refractivity contribution in [3.05, 3.63) is 29.8 Å². The topological polar surface area (TPSA) is 50.4 Å². The van der Waals surface area contributed by atoms with Crippen molar-refractivity contribution < 1.29 is 9.53 Å². The monoisotopic (exact) mass is 274 g/mol. The van der Waals surface area contributed by atoms with Crippen LogP contribution in [0.3, 0.4) is 0 Å². The highest BCUT2D eigenvalue weighted by molar-refractivity contribution is 5.77. The standard InChI is InChI=1S/C16H22N2O2/c1-5-10-17-15(19)12-20-14-8-6-13(7-9-14)11-18-16(2,3)4/h1,6-9,18H,10-12H2,2-4H3,(H,17,19). The fraction of sp³-hybridized carbons (Fsp3) is 0.438. The van der Waals surface area contributed by atoms with E-state index in [2.05, 4.69) is 37.3 Å². The molecule has 0 aliphatic carbocycles. The van der Waals surface area contributed by atoms with Gasteiger partial charge in [0.15, 0.2) is 6.61 Å². The smallest absolute Gasteiger partial charge is 0.258 e. The second kappa shape index (κ2) is 7.56. The van der Waals surface area contributed by atoms with Crippen LogP contribution in [0.1, 0.15) is 26.3 Å². The first kappa shape index (κ1) is 16.1. The zero-order valence-electron chi connectivity index (χ0n) is 12.3. The molecule has 1 amide bonds. The highest BCUT2D eigenvalue weighted by Gasteiger charge is 2.08. The summed E-state index contributed by atoms with van der Waals surface area (Å²) < 4.78 is 5.36. The Morgan fingerprint density at radius 3 is 2.50 bits per heavy atom. The number of hydrogen-bond donors (Lipinski definition) is 2. The number of terminal acetylenes is 1.